The number of guanidine groups is 1. The molecule has 3 N–H and O–H groups in total. The molecule has 30 heavy (non-hydrogen) atoms. The molecule has 1 aliphatic rings. The SMILES string of the molecule is COc1ccc(NC(N)=NCCCN2CCN(C)CC2c2ccccc2)cc1Cl.I. The molecule has 0 spiro atoms. The molecule has 0 aromatic heterocycles. The normalized spacial score (nSPS) is 18.0. The van der Waals surface area contributed by atoms with Crippen molar-refractivity contribution in [2.75, 3.05) is 52.2 Å². The smallest absolute Gasteiger partial charge is 0.193 e. The minimum atomic E-state index is 0. The minimum Gasteiger partial charge on any atom is -0.495 e. The van der Waals surface area contributed by atoms with Crippen LogP contribution >= 0.6 is 35.6 Å². The van der Waals surface area contributed by atoms with Gasteiger partial charge in [-0.25, -0.2) is 0 Å². The number of anilines is 1. The van der Waals surface area contributed by atoms with Crippen LogP contribution in [0.15, 0.2) is 53.5 Å². The first-order chi connectivity index (χ1) is 14.1. The van der Waals surface area contributed by atoms with Crippen LogP contribution in [0.4, 0.5) is 5.69 Å². The van der Waals surface area contributed by atoms with E-state index in [4.69, 9.17) is 22.1 Å². The summed E-state index contributed by atoms with van der Waals surface area (Å²) in [7, 11) is 3.78. The van der Waals surface area contributed by atoms with Gasteiger partial charge in [0, 0.05) is 44.5 Å². The van der Waals surface area contributed by atoms with Crippen LogP contribution in [0.25, 0.3) is 0 Å². The fourth-order valence-electron chi connectivity index (χ4n) is 3.62. The summed E-state index contributed by atoms with van der Waals surface area (Å²) in [5.74, 6) is 1.03. The Morgan fingerprint density at radius 1 is 1.23 bits per heavy atom. The van der Waals surface area contributed by atoms with Crippen LogP contribution in [-0.4, -0.2) is 62.6 Å². The van der Waals surface area contributed by atoms with Crippen molar-refractivity contribution in [1.82, 2.24) is 9.80 Å². The Bertz CT molecular complexity index is 820. The molecule has 0 radical (unpaired) electrons. The van der Waals surface area contributed by atoms with E-state index in [1.807, 2.05) is 6.07 Å². The largest absolute Gasteiger partial charge is 0.495 e. The van der Waals surface area contributed by atoms with Crippen molar-refractivity contribution in [2.45, 2.75) is 12.5 Å². The third-order valence-corrected chi connectivity index (χ3v) is 5.48. The van der Waals surface area contributed by atoms with E-state index < -0.39 is 0 Å². The van der Waals surface area contributed by atoms with Crippen molar-refractivity contribution < 1.29 is 4.74 Å². The summed E-state index contributed by atoms with van der Waals surface area (Å²) in [6.07, 6.45) is 0.957. The predicted octanol–water partition coefficient (Wildman–Crippen LogP) is 4.07. The van der Waals surface area contributed by atoms with Gasteiger partial charge in [-0.05, 0) is 37.2 Å². The predicted molar refractivity (Wildman–Crippen MR) is 136 cm³/mol. The Morgan fingerprint density at radius 2 is 2.00 bits per heavy atom. The Kier molecular flexibility index (Phi) is 10.2. The number of benzene rings is 2. The fraction of sp³-hybridized carbons (Fsp3) is 0.409. The number of methoxy groups -OCH3 is 1. The maximum Gasteiger partial charge on any atom is 0.193 e. The molecule has 0 bridgehead atoms. The van der Waals surface area contributed by atoms with Crippen molar-refractivity contribution in [3.05, 3.63) is 59.1 Å². The van der Waals surface area contributed by atoms with Crippen LogP contribution < -0.4 is 15.8 Å². The van der Waals surface area contributed by atoms with E-state index >= 15 is 0 Å². The first-order valence-electron chi connectivity index (χ1n) is 9.95. The van der Waals surface area contributed by atoms with Crippen LogP contribution in [0.2, 0.25) is 5.02 Å². The molecule has 1 heterocycles. The van der Waals surface area contributed by atoms with Crippen molar-refractivity contribution >= 4 is 47.2 Å². The van der Waals surface area contributed by atoms with E-state index in [2.05, 4.69) is 57.5 Å². The minimum absolute atomic E-state index is 0. The lowest BCUT2D eigenvalue weighted by Gasteiger charge is -2.40. The van der Waals surface area contributed by atoms with Crippen molar-refractivity contribution in [1.29, 1.82) is 0 Å². The maximum absolute atomic E-state index is 6.15. The monoisotopic (exact) mass is 543 g/mol. The van der Waals surface area contributed by atoms with E-state index in [9.17, 15) is 0 Å². The van der Waals surface area contributed by atoms with Gasteiger partial charge in [0.15, 0.2) is 5.96 Å². The van der Waals surface area contributed by atoms with Gasteiger partial charge in [0.25, 0.3) is 0 Å². The summed E-state index contributed by atoms with van der Waals surface area (Å²) in [6, 6.07) is 16.6. The molecule has 164 valence electrons. The Labute approximate surface area is 201 Å². The second-order valence-corrected chi connectivity index (χ2v) is 7.73. The molecular formula is C22H31ClIN5O. The number of piperazine rings is 1. The van der Waals surface area contributed by atoms with Gasteiger partial charge in [-0.15, -0.1) is 24.0 Å². The lowest BCUT2D eigenvalue weighted by atomic mass is 10.0. The highest BCUT2D eigenvalue weighted by molar-refractivity contribution is 14.0. The molecule has 1 aliphatic heterocycles. The molecule has 3 rings (SSSR count). The number of likely N-dealkylation sites (N-methyl/N-ethyl adjacent to an activating group) is 1. The highest BCUT2D eigenvalue weighted by Crippen LogP contribution is 2.27. The number of hydrogen-bond donors (Lipinski definition) is 2. The molecule has 0 amide bonds. The summed E-state index contributed by atoms with van der Waals surface area (Å²) in [5, 5.41) is 3.61. The Morgan fingerprint density at radius 3 is 2.70 bits per heavy atom. The van der Waals surface area contributed by atoms with Crippen LogP contribution in [0.5, 0.6) is 5.75 Å². The van der Waals surface area contributed by atoms with Gasteiger partial charge in [0.1, 0.15) is 5.75 Å². The molecule has 1 saturated heterocycles. The zero-order chi connectivity index (χ0) is 20.6. The van der Waals surface area contributed by atoms with Gasteiger partial charge >= 0.3 is 0 Å². The fourth-order valence-corrected chi connectivity index (χ4v) is 3.88. The summed E-state index contributed by atoms with van der Waals surface area (Å²) in [6.45, 7) is 4.89. The third kappa shape index (κ3) is 7.01. The van der Waals surface area contributed by atoms with E-state index in [0.717, 1.165) is 38.3 Å². The van der Waals surface area contributed by atoms with Gasteiger partial charge in [-0.1, -0.05) is 41.9 Å². The molecule has 0 saturated carbocycles. The van der Waals surface area contributed by atoms with E-state index in [1.165, 1.54) is 5.56 Å². The average Bonchev–Trinajstić information content (AvgIpc) is 2.73. The average molecular weight is 544 g/mol. The zero-order valence-electron chi connectivity index (χ0n) is 17.6. The quantitative estimate of drug-likeness (QED) is 0.239. The van der Waals surface area contributed by atoms with Crippen LogP contribution in [-0.2, 0) is 0 Å². The number of ether oxygens (including phenoxy) is 1. The number of nitrogens with one attached hydrogen (secondary N) is 1. The van der Waals surface area contributed by atoms with Gasteiger partial charge in [0.05, 0.1) is 12.1 Å². The molecule has 1 unspecified atom stereocenters. The van der Waals surface area contributed by atoms with Gasteiger partial charge in [0.2, 0.25) is 0 Å². The summed E-state index contributed by atoms with van der Waals surface area (Å²) in [4.78, 5) is 9.41. The zero-order valence-corrected chi connectivity index (χ0v) is 20.6. The lowest BCUT2D eigenvalue weighted by Crippen LogP contribution is -2.47. The van der Waals surface area contributed by atoms with Crippen LogP contribution in [0.3, 0.4) is 0 Å². The second kappa shape index (κ2) is 12.3. The lowest BCUT2D eigenvalue weighted by molar-refractivity contribution is 0.0894. The first-order valence-corrected chi connectivity index (χ1v) is 10.3. The number of nitrogens with zero attached hydrogens (tertiary/aromatic N) is 3. The molecule has 1 fully saturated rings. The summed E-state index contributed by atoms with van der Waals surface area (Å²) < 4.78 is 5.16. The first kappa shape index (κ1) is 24.7. The molecule has 2 aromatic rings. The number of hydrogen-bond acceptors (Lipinski definition) is 4. The highest BCUT2D eigenvalue weighted by Gasteiger charge is 2.25. The molecule has 0 aliphatic carbocycles. The second-order valence-electron chi connectivity index (χ2n) is 7.32. The molecule has 2 aromatic carbocycles. The highest BCUT2D eigenvalue weighted by atomic mass is 127. The number of aliphatic imine (C=N–C) groups is 1. The van der Waals surface area contributed by atoms with Crippen LogP contribution in [0.1, 0.15) is 18.0 Å². The van der Waals surface area contributed by atoms with Gasteiger partial charge in [-0.3, -0.25) is 9.89 Å². The van der Waals surface area contributed by atoms with E-state index in [0.29, 0.717) is 29.3 Å². The van der Waals surface area contributed by atoms with Crippen LogP contribution in [0, 0.1) is 0 Å². The Balaban J connectivity index is 0.00000320. The van der Waals surface area contributed by atoms with E-state index in [-0.39, 0.29) is 24.0 Å². The number of rotatable bonds is 7. The summed E-state index contributed by atoms with van der Waals surface area (Å²) in [5.41, 5.74) is 8.19. The molecular weight excluding hydrogens is 513 g/mol. The third-order valence-electron chi connectivity index (χ3n) is 5.19. The molecule has 8 heteroatoms. The van der Waals surface area contributed by atoms with Crippen molar-refractivity contribution in [3.8, 4) is 5.75 Å². The van der Waals surface area contributed by atoms with Crippen molar-refractivity contribution in [2.24, 2.45) is 10.7 Å². The van der Waals surface area contributed by atoms with Gasteiger partial charge in [-0.2, -0.15) is 0 Å². The summed E-state index contributed by atoms with van der Waals surface area (Å²) >= 11 is 6.15. The number of nitrogens with two attached hydrogens (primary N) is 1. The van der Waals surface area contributed by atoms with E-state index in [1.54, 1.807) is 19.2 Å². The maximum atomic E-state index is 6.15. The standard InChI is InChI=1S/C22H30ClN5O.HI/c1-27-13-14-28(20(16-27)17-7-4-3-5-8-17)12-6-11-25-22(24)26-18-9-10-21(29-2)19(23)15-18;/h3-5,7-10,15,20H,6,11-14,16H2,1-2H3,(H3,24,25,26);1H. The number of halogens is 2. The topological polar surface area (TPSA) is 66.1 Å². The van der Waals surface area contributed by atoms with Gasteiger partial charge < -0.3 is 20.7 Å². The molecule has 1 atom stereocenters. The van der Waals surface area contributed by atoms with Crippen molar-refractivity contribution in [3.63, 3.8) is 0 Å². The molecule has 6 nitrogen and oxygen atoms in total. The Hall–Kier alpha value is -1.55.